The van der Waals surface area contributed by atoms with Crippen molar-refractivity contribution in [2.24, 2.45) is 0 Å². The molecule has 46 heavy (non-hydrogen) atoms. The average molecular weight is 626 g/mol. The van der Waals surface area contributed by atoms with E-state index in [9.17, 15) is 30.2 Å². The predicted octanol–water partition coefficient (Wildman–Crippen LogP) is 3.75. The van der Waals surface area contributed by atoms with Gasteiger partial charge in [0.25, 0.3) is 5.88 Å². The fourth-order valence-corrected chi connectivity index (χ4v) is 6.75. The van der Waals surface area contributed by atoms with Crippen LogP contribution in [0.25, 0.3) is 0 Å². The minimum atomic E-state index is -0.453. The normalized spacial score (nSPS) is 19.0. The van der Waals surface area contributed by atoms with Gasteiger partial charge in [0.2, 0.25) is 0 Å². The van der Waals surface area contributed by atoms with Gasteiger partial charge in [-0.25, -0.2) is 4.98 Å². The quantitative estimate of drug-likeness (QED) is 0.288. The number of nitrogens with zero attached hydrogens (tertiary/aromatic N) is 8. The zero-order chi connectivity index (χ0) is 32.4. The summed E-state index contributed by atoms with van der Waals surface area (Å²) in [5, 5.41) is 52.6. The van der Waals surface area contributed by atoms with Crippen molar-refractivity contribution in [1.82, 2.24) is 19.8 Å². The molecule has 0 spiro atoms. The highest BCUT2D eigenvalue weighted by atomic mass is 19.1. The number of halogens is 1. The van der Waals surface area contributed by atoms with Crippen LogP contribution in [-0.4, -0.2) is 86.6 Å². The molecule has 1 aromatic heterocycles. The van der Waals surface area contributed by atoms with Crippen molar-refractivity contribution in [2.75, 3.05) is 54.5 Å². The zero-order valence-corrected chi connectivity index (χ0v) is 25.4. The van der Waals surface area contributed by atoms with Crippen LogP contribution < -0.4 is 15.1 Å². The summed E-state index contributed by atoms with van der Waals surface area (Å²) in [7, 11) is 0. The predicted molar refractivity (Wildman–Crippen MR) is 170 cm³/mol. The maximum atomic E-state index is 13.8. The van der Waals surface area contributed by atoms with E-state index in [4.69, 9.17) is 4.98 Å². The Kier molecular flexibility index (Phi) is 8.79. The number of aromatic hydroxyl groups is 3. The maximum Gasteiger partial charge on any atom is 0.257 e. The van der Waals surface area contributed by atoms with Gasteiger partial charge >= 0.3 is 0 Å². The lowest BCUT2D eigenvalue weighted by molar-refractivity contribution is 0.0565. The summed E-state index contributed by atoms with van der Waals surface area (Å²) in [5.74, 6) is 1.47. The van der Waals surface area contributed by atoms with E-state index in [2.05, 4.69) is 38.8 Å². The molecular weight excluding hydrogens is 589 g/mol. The maximum absolute atomic E-state index is 13.8. The summed E-state index contributed by atoms with van der Waals surface area (Å²) in [5.41, 5.74) is 2.36. The Bertz CT molecular complexity index is 1710. The smallest absolute Gasteiger partial charge is 0.257 e. The second kappa shape index (κ2) is 13.1. The van der Waals surface area contributed by atoms with Gasteiger partial charge in [0.15, 0.2) is 17.5 Å². The second-order valence-electron chi connectivity index (χ2n) is 11.9. The highest BCUT2D eigenvalue weighted by Crippen LogP contribution is 2.40. The van der Waals surface area contributed by atoms with Crippen molar-refractivity contribution in [3.63, 3.8) is 0 Å². The molecule has 6 rings (SSSR count). The number of phenolic OH excluding ortho intramolecular Hbond substituents is 2. The summed E-state index contributed by atoms with van der Waals surface area (Å²) >= 11 is 0. The van der Waals surface area contributed by atoms with E-state index >= 15 is 0 Å². The van der Waals surface area contributed by atoms with E-state index in [0.717, 1.165) is 31.5 Å². The van der Waals surface area contributed by atoms with Crippen molar-refractivity contribution < 1.29 is 19.7 Å². The molecule has 4 heterocycles. The SMILES string of the molecule is C=C1Nc2nc(N3CCN(C4CCN(Cc5ccc(O)cc5C#N)CC4)[C@@H](CCF)C3)c(O)nc2N1Cc1ccc(O)cc1C#N. The lowest BCUT2D eigenvalue weighted by Crippen LogP contribution is -2.58. The van der Waals surface area contributed by atoms with Crippen molar-refractivity contribution >= 4 is 17.5 Å². The molecule has 0 saturated carbocycles. The van der Waals surface area contributed by atoms with Crippen molar-refractivity contribution in [1.29, 1.82) is 10.5 Å². The van der Waals surface area contributed by atoms with Gasteiger partial charge in [0, 0.05) is 38.3 Å². The van der Waals surface area contributed by atoms with Gasteiger partial charge in [-0.2, -0.15) is 15.5 Å². The van der Waals surface area contributed by atoms with Crippen LogP contribution in [0.2, 0.25) is 0 Å². The van der Waals surface area contributed by atoms with Crippen molar-refractivity contribution in [3.05, 3.63) is 71.1 Å². The lowest BCUT2D eigenvalue weighted by Gasteiger charge is -2.47. The Morgan fingerprint density at radius 2 is 1.54 bits per heavy atom. The Morgan fingerprint density at radius 1 is 0.891 bits per heavy atom. The largest absolute Gasteiger partial charge is 0.508 e. The van der Waals surface area contributed by atoms with E-state index in [-0.39, 0.29) is 30.0 Å². The Morgan fingerprint density at radius 3 is 2.17 bits per heavy atom. The topological polar surface area (TPSA) is 159 Å². The van der Waals surface area contributed by atoms with Gasteiger partial charge in [-0.1, -0.05) is 18.7 Å². The number of piperidine rings is 1. The third-order valence-corrected chi connectivity index (χ3v) is 9.13. The number of phenols is 2. The molecule has 0 aliphatic carbocycles. The molecule has 2 saturated heterocycles. The molecule has 12 nitrogen and oxygen atoms in total. The molecule has 4 N–H and O–H groups in total. The monoisotopic (exact) mass is 625 g/mol. The van der Waals surface area contributed by atoms with E-state index in [1.54, 1.807) is 23.1 Å². The molecular formula is C33H36FN9O3. The fraction of sp³-hybridized carbons (Fsp3) is 0.394. The van der Waals surface area contributed by atoms with Crippen LogP contribution in [0.3, 0.4) is 0 Å². The number of aromatic nitrogens is 2. The number of nitriles is 2. The first-order valence-corrected chi connectivity index (χ1v) is 15.4. The average Bonchev–Trinajstić information content (AvgIpc) is 3.35. The highest BCUT2D eigenvalue weighted by Gasteiger charge is 2.36. The molecule has 0 radical (unpaired) electrons. The van der Waals surface area contributed by atoms with Gasteiger partial charge in [0.1, 0.15) is 17.3 Å². The fourth-order valence-electron chi connectivity index (χ4n) is 6.75. The molecule has 0 bridgehead atoms. The number of fused-ring (bicyclic) bond motifs is 1. The number of rotatable bonds is 8. The molecule has 3 aliphatic heterocycles. The first-order valence-electron chi connectivity index (χ1n) is 15.4. The highest BCUT2D eigenvalue weighted by molar-refractivity contribution is 5.77. The molecule has 2 fully saturated rings. The van der Waals surface area contributed by atoms with Gasteiger partial charge in [0.05, 0.1) is 36.5 Å². The number of hydrogen-bond acceptors (Lipinski definition) is 12. The van der Waals surface area contributed by atoms with E-state index < -0.39 is 6.67 Å². The van der Waals surface area contributed by atoms with Crippen molar-refractivity contribution in [2.45, 2.75) is 44.4 Å². The lowest BCUT2D eigenvalue weighted by atomic mass is 9.97. The molecule has 0 amide bonds. The summed E-state index contributed by atoms with van der Waals surface area (Å²) in [6, 6.07) is 14.0. The summed E-state index contributed by atoms with van der Waals surface area (Å²) in [4.78, 5) is 17.6. The number of nitrogens with one attached hydrogen (secondary N) is 1. The van der Waals surface area contributed by atoms with Crippen LogP contribution in [0.4, 0.5) is 21.8 Å². The van der Waals surface area contributed by atoms with Gasteiger partial charge < -0.3 is 30.4 Å². The van der Waals surface area contributed by atoms with Crippen LogP contribution in [0.15, 0.2) is 48.8 Å². The van der Waals surface area contributed by atoms with Gasteiger partial charge in [-0.3, -0.25) is 14.2 Å². The molecule has 3 aliphatic rings. The minimum absolute atomic E-state index is 0.00139. The first kappa shape index (κ1) is 30.9. The summed E-state index contributed by atoms with van der Waals surface area (Å²) < 4.78 is 13.8. The first-order chi connectivity index (χ1) is 22.3. The minimum Gasteiger partial charge on any atom is -0.508 e. The standard InChI is InChI=1S/C33H36FN9O3/c1-21-37-30-31(43(21)19-23-3-5-29(45)15-25(23)17-36)39-33(46)32(38-30)41-12-13-42(27(20-41)6-9-34)26-7-10-40(11-8-26)18-22-2-4-28(44)14-24(22)16-35/h2-5,14-15,26-27,44-45H,1,6-13,18-20H2,(H,37,38)(H,39,46)/t27-/m0/s1. The molecule has 238 valence electrons. The molecule has 2 aromatic carbocycles. The number of alkyl halides is 1. The van der Waals surface area contributed by atoms with Crippen LogP contribution in [0.5, 0.6) is 17.4 Å². The van der Waals surface area contributed by atoms with Crippen molar-refractivity contribution in [3.8, 4) is 29.5 Å². The number of hydrogen-bond donors (Lipinski definition) is 4. The number of anilines is 3. The zero-order valence-electron chi connectivity index (χ0n) is 25.4. The second-order valence-corrected chi connectivity index (χ2v) is 11.9. The number of benzene rings is 2. The number of piperazine rings is 1. The van der Waals surface area contributed by atoms with E-state index in [0.29, 0.717) is 78.6 Å². The van der Waals surface area contributed by atoms with E-state index in [1.807, 2.05) is 4.90 Å². The Balaban J connectivity index is 1.12. The van der Waals surface area contributed by atoms with Gasteiger partial charge in [-0.15, -0.1) is 0 Å². The summed E-state index contributed by atoms with van der Waals surface area (Å²) in [6.07, 6.45) is 2.21. The molecule has 0 unspecified atom stereocenters. The molecule has 13 heteroatoms. The van der Waals surface area contributed by atoms with Crippen LogP contribution in [0.1, 0.15) is 41.5 Å². The summed E-state index contributed by atoms with van der Waals surface area (Å²) in [6.45, 7) is 7.96. The Labute approximate surface area is 266 Å². The van der Waals surface area contributed by atoms with Gasteiger partial charge in [-0.05, 0) is 67.7 Å². The third-order valence-electron chi connectivity index (χ3n) is 9.13. The Hall–Kier alpha value is -5.11. The molecule has 1 atom stereocenters. The third kappa shape index (κ3) is 6.20. The molecule has 3 aromatic rings. The van der Waals surface area contributed by atoms with E-state index in [1.165, 1.54) is 18.2 Å². The van der Waals surface area contributed by atoms with Crippen LogP contribution in [0, 0.1) is 22.7 Å². The van der Waals surface area contributed by atoms with Crippen LogP contribution in [-0.2, 0) is 13.1 Å². The number of likely N-dealkylation sites (tertiary alicyclic amines) is 1. The van der Waals surface area contributed by atoms with Crippen LogP contribution >= 0.6 is 0 Å².